The Balaban J connectivity index is 1.70. The zero-order valence-corrected chi connectivity index (χ0v) is 12.8. The highest BCUT2D eigenvalue weighted by atomic mass is 32.2. The van der Waals surface area contributed by atoms with Crippen LogP contribution >= 0.6 is 34.9 Å². The van der Waals surface area contributed by atoms with Crippen LogP contribution in [0.4, 0.5) is 0 Å². The van der Waals surface area contributed by atoms with E-state index < -0.39 is 0 Å². The van der Waals surface area contributed by atoms with Crippen LogP contribution in [0.5, 0.6) is 0 Å². The molecule has 0 aromatic carbocycles. The molecule has 1 heterocycles. The first-order chi connectivity index (χ1) is 8.78. The molecule has 1 aliphatic carbocycles. The minimum Gasteiger partial charge on any atom is -0.353 e. The van der Waals surface area contributed by atoms with E-state index in [1.807, 2.05) is 6.26 Å². The van der Waals surface area contributed by atoms with E-state index in [1.165, 1.54) is 31.0 Å². The van der Waals surface area contributed by atoms with Crippen LogP contribution in [0.2, 0.25) is 0 Å². The minimum atomic E-state index is 0.118. The fourth-order valence-corrected chi connectivity index (χ4v) is 4.23. The SMILES string of the molecule is CSc1nnc(SCC(=O)NC2CCCCC2)s1. The predicted molar refractivity (Wildman–Crippen MR) is 77.4 cm³/mol. The van der Waals surface area contributed by atoms with E-state index in [2.05, 4.69) is 15.5 Å². The summed E-state index contributed by atoms with van der Waals surface area (Å²) in [5, 5.41) is 11.1. The summed E-state index contributed by atoms with van der Waals surface area (Å²) in [4.78, 5) is 11.8. The average Bonchev–Trinajstić information content (AvgIpc) is 2.85. The van der Waals surface area contributed by atoms with Crippen LogP contribution in [-0.4, -0.2) is 34.2 Å². The lowest BCUT2D eigenvalue weighted by Gasteiger charge is -2.22. The van der Waals surface area contributed by atoms with Crippen molar-refractivity contribution in [2.75, 3.05) is 12.0 Å². The summed E-state index contributed by atoms with van der Waals surface area (Å²) >= 11 is 4.60. The summed E-state index contributed by atoms with van der Waals surface area (Å²) in [5.74, 6) is 0.562. The van der Waals surface area contributed by atoms with E-state index in [1.54, 1.807) is 23.1 Å². The smallest absolute Gasteiger partial charge is 0.230 e. The molecular weight excluding hydrogens is 286 g/mol. The van der Waals surface area contributed by atoms with Crippen molar-refractivity contribution in [2.24, 2.45) is 0 Å². The Labute approximate surface area is 120 Å². The molecule has 7 heteroatoms. The van der Waals surface area contributed by atoms with Gasteiger partial charge in [-0.05, 0) is 19.1 Å². The van der Waals surface area contributed by atoms with E-state index >= 15 is 0 Å². The first-order valence-corrected chi connectivity index (χ1v) is 9.10. The quantitative estimate of drug-likeness (QED) is 0.848. The maximum Gasteiger partial charge on any atom is 0.230 e. The van der Waals surface area contributed by atoms with Crippen LogP contribution in [0.25, 0.3) is 0 Å². The second kappa shape index (κ2) is 7.35. The molecule has 2 rings (SSSR count). The Morgan fingerprint density at radius 2 is 2.06 bits per heavy atom. The van der Waals surface area contributed by atoms with Crippen molar-refractivity contribution in [3.63, 3.8) is 0 Å². The van der Waals surface area contributed by atoms with Gasteiger partial charge in [0.25, 0.3) is 0 Å². The molecular formula is C11H17N3OS3. The topological polar surface area (TPSA) is 54.9 Å². The molecule has 1 saturated carbocycles. The van der Waals surface area contributed by atoms with Gasteiger partial charge in [-0.3, -0.25) is 4.79 Å². The standard InChI is InChI=1S/C11H17N3OS3/c1-16-10-13-14-11(18-10)17-7-9(15)12-8-5-3-2-4-6-8/h8H,2-7H2,1H3,(H,12,15). The minimum absolute atomic E-state index is 0.118. The molecule has 1 fully saturated rings. The fraction of sp³-hybridized carbons (Fsp3) is 0.727. The van der Waals surface area contributed by atoms with Crippen LogP contribution in [0.3, 0.4) is 0 Å². The largest absolute Gasteiger partial charge is 0.353 e. The molecule has 0 saturated heterocycles. The average molecular weight is 303 g/mol. The van der Waals surface area contributed by atoms with Gasteiger partial charge in [0.05, 0.1) is 5.75 Å². The zero-order valence-electron chi connectivity index (χ0n) is 10.3. The van der Waals surface area contributed by atoms with Gasteiger partial charge in [0.15, 0.2) is 8.68 Å². The Morgan fingerprint density at radius 1 is 1.33 bits per heavy atom. The molecule has 1 aromatic rings. The van der Waals surface area contributed by atoms with Gasteiger partial charge in [-0.25, -0.2) is 0 Å². The molecule has 4 nitrogen and oxygen atoms in total. The summed E-state index contributed by atoms with van der Waals surface area (Å²) in [6.45, 7) is 0. The third kappa shape index (κ3) is 4.44. The van der Waals surface area contributed by atoms with E-state index in [0.717, 1.165) is 21.5 Å². The summed E-state index contributed by atoms with van der Waals surface area (Å²) in [5.41, 5.74) is 0. The summed E-state index contributed by atoms with van der Waals surface area (Å²) < 4.78 is 1.82. The Kier molecular flexibility index (Phi) is 5.78. The van der Waals surface area contributed by atoms with E-state index in [9.17, 15) is 4.79 Å². The lowest BCUT2D eigenvalue weighted by Crippen LogP contribution is -2.37. The van der Waals surface area contributed by atoms with Gasteiger partial charge in [0.1, 0.15) is 0 Å². The lowest BCUT2D eigenvalue weighted by atomic mass is 9.95. The van der Waals surface area contributed by atoms with Crippen molar-refractivity contribution in [1.82, 2.24) is 15.5 Å². The third-order valence-electron chi connectivity index (χ3n) is 2.86. The van der Waals surface area contributed by atoms with Crippen LogP contribution in [-0.2, 0) is 4.79 Å². The number of carbonyl (C=O) groups is 1. The molecule has 0 atom stereocenters. The van der Waals surface area contributed by atoms with Crippen molar-refractivity contribution < 1.29 is 4.79 Å². The maximum atomic E-state index is 11.8. The van der Waals surface area contributed by atoms with E-state index in [-0.39, 0.29) is 5.91 Å². The number of hydrogen-bond acceptors (Lipinski definition) is 6. The zero-order chi connectivity index (χ0) is 12.8. The highest BCUT2D eigenvalue weighted by molar-refractivity contribution is 8.03. The summed E-state index contributed by atoms with van der Waals surface area (Å²) in [6, 6.07) is 0.392. The number of aromatic nitrogens is 2. The van der Waals surface area contributed by atoms with Crippen molar-refractivity contribution >= 4 is 40.8 Å². The molecule has 0 bridgehead atoms. The number of hydrogen-bond donors (Lipinski definition) is 1. The molecule has 0 radical (unpaired) electrons. The highest BCUT2D eigenvalue weighted by Crippen LogP contribution is 2.27. The predicted octanol–water partition coefficient (Wildman–Crippen LogP) is 2.80. The molecule has 1 amide bonds. The highest BCUT2D eigenvalue weighted by Gasteiger charge is 2.16. The van der Waals surface area contributed by atoms with Gasteiger partial charge < -0.3 is 5.32 Å². The Bertz CT molecular complexity index is 391. The molecule has 18 heavy (non-hydrogen) atoms. The number of nitrogens with zero attached hydrogens (tertiary/aromatic N) is 2. The second-order valence-electron chi connectivity index (χ2n) is 4.23. The van der Waals surface area contributed by atoms with Crippen molar-refractivity contribution in [2.45, 2.75) is 46.8 Å². The van der Waals surface area contributed by atoms with Gasteiger partial charge in [-0.1, -0.05) is 54.1 Å². The third-order valence-corrected chi connectivity index (χ3v) is 5.89. The summed E-state index contributed by atoms with van der Waals surface area (Å²) in [7, 11) is 0. The number of carbonyl (C=O) groups excluding carboxylic acids is 1. The molecule has 100 valence electrons. The van der Waals surface area contributed by atoms with Crippen LogP contribution in [0.15, 0.2) is 8.68 Å². The van der Waals surface area contributed by atoms with Crippen LogP contribution in [0, 0.1) is 0 Å². The number of rotatable bonds is 5. The number of nitrogens with one attached hydrogen (secondary N) is 1. The molecule has 0 spiro atoms. The molecule has 1 aliphatic rings. The second-order valence-corrected chi connectivity index (χ2v) is 7.48. The Morgan fingerprint density at radius 3 is 2.72 bits per heavy atom. The van der Waals surface area contributed by atoms with Crippen molar-refractivity contribution in [3.8, 4) is 0 Å². The molecule has 1 N–H and O–H groups in total. The number of amides is 1. The van der Waals surface area contributed by atoms with Crippen molar-refractivity contribution in [1.29, 1.82) is 0 Å². The summed E-state index contributed by atoms with van der Waals surface area (Å²) in [6.07, 6.45) is 8.03. The first-order valence-electron chi connectivity index (χ1n) is 6.07. The van der Waals surface area contributed by atoms with Gasteiger partial charge >= 0.3 is 0 Å². The Hall–Kier alpha value is -0.270. The normalized spacial score (nSPS) is 16.7. The molecule has 0 unspecified atom stereocenters. The lowest BCUT2D eigenvalue weighted by molar-refractivity contribution is -0.119. The monoisotopic (exact) mass is 303 g/mol. The number of thioether (sulfide) groups is 2. The van der Waals surface area contributed by atoms with Gasteiger partial charge in [0.2, 0.25) is 5.91 Å². The van der Waals surface area contributed by atoms with E-state index in [0.29, 0.717) is 11.8 Å². The van der Waals surface area contributed by atoms with Gasteiger partial charge in [0, 0.05) is 6.04 Å². The van der Waals surface area contributed by atoms with Gasteiger partial charge in [-0.15, -0.1) is 10.2 Å². The van der Waals surface area contributed by atoms with Crippen LogP contribution < -0.4 is 5.32 Å². The van der Waals surface area contributed by atoms with E-state index in [4.69, 9.17) is 0 Å². The van der Waals surface area contributed by atoms with Crippen molar-refractivity contribution in [3.05, 3.63) is 0 Å². The maximum absolute atomic E-state index is 11.8. The fourth-order valence-electron chi connectivity index (χ4n) is 1.98. The molecule has 0 aliphatic heterocycles. The first kappa shape index (κ1) is 14.1. The van der Waals surface area contributed by atoms with Gasteiger partial charge in [-0.2, -0.15) is 0 Å². The molecule has 1 aromatic heterocycles. The van der Waals surface area contributed by atoms with Crippen LogP contribution in [0.1, 0.15) is 32.1 Å².